The smallest absolute Gasteiger partial charge is 0.255 e. The molecule has 10 nitrogen and oxygen atoms in total. The zero-order chi connectivity index (χ0) is 31.6. The Morgan fingerprint density at radius 2 is 1.86 bits per heavy atom. The van der Waals surface area contributed by atoms with Gasteiger partial charge >= 0.3 is 0 Å². The number of ether oxygens (including phenoxy) is 1. The quantitative estimate of drug-likeness (QED) is 0.212. The lowest BCUT2D eigenvalue weighted by Gasteiger charge is -2.33. The molecule has 0 atom stereocenters. The Morgan fingerprint density at radius 3 is 2.52 bits per heavy atom. The first-order chi connectivity index (χ1) is 21.0. The van der Waals surface area contributed by atoms with E-state index in [0.717, 1.165) is 37.6 Å². The summed E-state index contributed by atoms with van der Waals surface area (Å²) in [7, 11) is -0.207. The van der Waals surface area contributed by atoms with Crippen LogP contribution in [0.3, 0.4) is 0 Å². The third-order valence-corrected chi connectivity index (χ3v) is 9.75. The highest BCUT2D eigenvalue weighted by atomic mass is 32.2. The molecule has 0 amide bonds. The molecule has 3 aromatic heterocycles. The fourth-order valence-electron chi connectivity index (χ4n) is 5.69. The molecule has 0 spiro atoms. The second-order valence-corrected chi connectivity index (χ2v) is 13.2. The van der Waals surface area contributed by atoms with Crippen molar-refractivity contribution in [3.63, 3.8) is 0 Å². The lowest BCUT2D eigenvalue weighted by Crippen LogP contribution is -2.44. The zero-order valence-corrected chi connectivity index (χ0v) is 26.3. The number of terminal acetylenes is 1. The molecule has 0 unspecified atom stereocenters. The minimum Gasteiger partial charge on any atom is -0.496 e. The maximum absolute atomic E-state index is 13.9. The number of hydrogen-bond acceptors (Lipinski definition) is 8. The molecule has 1 aliphatic rings. The van der Waals surface area contributed by atoms with Crippen LogP contribution in [0.15, 0.2) is 47.5 Å². The lowest BCUT2D eigenvalue weighted by molar-refractivity contribution is 0.0984. The van der Waals surface area contributed by atoms with Crippen molar-refractivity contribution in [2.45, 2.75) is 33.1 Å². The van der Waals surface area contributed by atoms with Gasteiger partial charge < -0.3 is 19.5 Å². The molecule has 0 saturated carbocycles. The number of aryl methyl sites for hydroxylation is 2. The summed E-state index contributed by atoms with van der Waals surface area (Å²) < 4.78 is 33.3. The van der Waals surface area contributed by atoms with Crippen molar-refractivity contribution in [3.8, 4) is 29.2 Å². The highest BCUT2D eigenvalue weighted by Gasteiger charge is 2.24. The van der Waals surface area contributed by atoms with Crippen molar-refractivity contribution in [2.24, 2.45) is 0 Å². The number of aromatic amines is 1. The van der Waals surface area contributed by atoms with Crippen LogP contribution in [0.25, 0.3) is 22.0 Å². The third kappa shape index (κ3) is 6.27. The maximum Gasteiger partial charge on any atom is 0.255 e. The summed E-state index contributed by atoms with van der Waals surface area (Å²) in [6.07, 6.45) is 8.92. The first-order valence-corrected chi connectivity index (χ1v) is 16.2. The number of anilines is 1. The molecule has 0 radical (unpaired) electrons. The topological polar surface area (TPSA) is 118 Å². The van der Waals surface area contributed by atoms with E-state index in [2.05, 4.69) is 27.8 Å². The number of rotatable bonds is 10. The van der Waals surface area contributed by atoms with Gasteiger partial charge in [0, 0.05) is 73.6 Å². The van der Waals surface area contributed by atoms with Gasteiger partial charge in [0.25, 0.3) is 5.56 Å². The van der Waals surface area contributed by atoms with Gasteiger partial charge in [-0.2, -0.15) is 0 Å². The minimum absolute atomic E-state index is 0.0239. The van der Waals surface area contributed by atoms with Gasteiger partial charge in [-0.3, -0.25) is 9.59 Å². The summed E-state index contributed by atoms with van der Waals surface area (Å²) in [5.41, 5.74) is 3.58. The summed E-state index contributed by atoms with van der Waals surface area (Å²) >= 11 is 0. The lowest BCUT2D eigenvalue weighted by atomic mass is 9.94. The van der Waals surface area contributed by atoms with Crippen molar-refractivity contribution in [2.75, 3.05) is 51.0 Å². The number of pyridine rings is 2. The van der Waals surface area contributed by atoms with Crippen LogP contribution >= 0.6 is 0 Å². The number of carbonyl (C=O) groups is 1. The molecule has 1 aliphatic heterocycles. The number of hydrogen-bond donors (Lipinski definition) is 1. The Bertz CT molecular complexity index is 1910. The number of benzene rings is 1. The molecule has 4 heterocycles. The summed E-state index contributed by atoms with van der Waals surface area (Å²) in [5.74, 6) is 3.25. The number of likely N-dealkylation sites (N-methyl/N-ethyl adjacent to an activating group) is 1. The molecule has 1 aromatic carbocycles. The van der Waals surface area contributed by atoms with Crippen molar-refractivity contribution in [1.29, 1.82) is 0 Å². The average Bonchev–Trinajstić information content (AvgIpc) is 3.36. The molecule has 11 heteroatoms. The predicted octanol–water partition coefficient (Wildman–Crippen LogP) is 3.79. The van der Waals surface area contributed by atoms with Gasteiger partial charge in [0.1, 0.15) is 11.6 Å². The van der Waals surface area contributed by atoms with Gasteiger partial charge in [-0.15, -0.1) is 12.3 Å². The van der Waals surface area contributed by atoms with Gasteiger partial charge in [0.05, 0.1) is 23.9 Å². The first-order valence-electron chi connectivity index (χ1n) is 14.5. The molecular formula is C33H37N5O5S. The standard InChI is InChI=1S/C33H37N5O5S/c1-6-7-16-44(41,42)38-21-22(2)32-27(29(39)10-9-26-30(43-5)17-23(3)35-33(26)40)18-25(19-28(32)38)24-8-11-31(34-20-24)37-14-12-36(4)13-15-37/h1,8,11,17-21H,7,9-10,12-16H2,2-5H3,(H,35,40). The fraction of sp³-hybridized carbons (Fsp3) is 0.364. The summed E-state index contributed by atoms with van der Waals surface area (Å²) in [6.45, 7) is 7.21. The van der Waals surface area contributed by atoms with Gasteiger partial charge in [-0.05, 0) is 68.8 Å². The second kappa shape index (κ2) is 12.7. The van der Waals surface area contributed by atoms with Crippen LogP contribution < -0.4 is 15.2 Å². The van der Waals surface area contributed by atoms with E-state index in [9.17, 15) is 18.0 Å². The zero-order valence-electron chi connectivity index (χ0n) is 25.5. The van der Waals surface area contributed by atoms with E-state index in [1.54, 1.807) is 44.4 Å². The predicted molar refractivity (Wildman–Crippen MR) is 173 cm³/mol. The second-order valence-electron chi connectivity index (χ2n) is 11.2. The maximum atomic E-state index is 13.9. The Kier molecular flexibility index (Phi) is 8.95. The summed E-state index contributed by atoms with van der Waals surface area (Å²) in [5, 5.41) is 0.551. The van der Waals surface area contributed by atoms with Gasteiger partial charge in [0.2, 0.25) is 10.0 Å². The van der Waals surface area contributed by atoms with E-state index < -0.39 is 10.0 Å². The van der Waals surface area contributed by atoms with Gasteiger partial charge in [-0.25, -0.2) is 17.4 Å². The molecule has 44 heavy (non-hydrogen) atoms. The molecule has 1 N–H and O–H groups in total. The Hall–Kier alpha value is -4.40. The molecule has 4 aromatic rings. The van der Waals surface area contributed by atoms with Crippen LogP contribution in [0, 0.1) is 26.2 Å². The van der Waals surface area contributed by atoms with Crippen molar-refractivity contribution < 1.29 is 17.9 Å². The molecule has 1 saturated heterocycles. The van der Waals surface area contributed by atoms with Crippen LogP contribution in [0.5, 0.6) is 5.75 Å². The highest BCUT2D eigenvalue weighted by Crippen LogP contribution is 2.34. The first kappa shape index (κ1) is 31.0. The Morgan fingerprint density at radius 1 is 1.11 bits per heavy atom. The van der Waals surface area contributed by atoms with E-state index in [1.165, 1.54) is 11.1 Å². The van der Waals surface area contributed by atoms with E-state index >= 15 is 0 Å². The number of piperazine rings is 1. The average molecular weight is 616 g/mol. The normalized spacial score (nSPS) is 14.1. The molecule has 0 bridgehead atoms. The Labute approximate surface area is 257 Å². The third-order valence-electron chi connectivity index (χ3n) is 8.12. The fourth-order valence-corrected chi connectivity index (χ4v) is 7.02. The molecule has 5 rings (SSSR count). The number of nitrogens with one attached hydrogen (secondary N) is 1. The number of ketones is 1. The number of fused-ring (bicyclic) bond motifs is 1. The van der Waals surface area contributed by atoms with E-state index in [4.69, 9.17) is 16.1 Å². The number of methoxy groups -OCH3 is 1. The number of aromatic nitrogens is 3. The summed E-state index contributed by atoms with van der Waals surface area (Å²) in [6, 6.07) is 9.20. The van der Waals surface area contributed by atoms with Crippen LogP contribution in [0.1, 0.15) is 40.0 Å². The number of carbonyl (C=O) groups excluding carboxylic acids is 1. The van der Waals surface area contributed by atoms with E-state index in [-0.39, 0.29) is 36.4 Å². The number of H-pyrrole nitrogens is 1. The van der Waals surface area contributed by atoms with Crippen molar-refractivity contribution in [1.82, 2.24) is 18.8 Å². The SMILES string of the molecule is C#CCCS(=O)(=O)n1cc(C)c2c(C(=O)CCc3c(OC)cc(C)[nH]c3=O)cc(-c3ccc(N4CCN(C)CC4)nc3)cc21. The van der Waals surface area contributed by atoms with Crippen molar-refractivity contribution >= 4 is 32.5 Å². The summed E-state index contributed by atoms with van der Waals surface area (Å²) in [4.78, 5) is 38.6. The van der Waals surface area contributed by atoms with E-state index in [0.29, 0.717) is 44.6 Å². The van der Waals surface area contributed by atoms with Crippen molar-refractivity contribution in [3.05, 3.63) is 75.5 Å². The molecular weight excluding hydrogens is 578 g/mol. The van der Waals surface area contributed by atoms with Crippen LogP contribution in [-0.4, -0.2) is 79.1 Å². The van der Waals surface area contributed by atoms with Crippen LogP contribution in [0.4, 0.5) is 5.82 Å². The van der Waals surface area contributed by atoms with Crippen LogP contribution in [0.2, 0.25) is 0 Å². The molecule has 0 aliphatic carbocycles. The minimum atomic E-state index is -3.79. The van der Waals surface area contributed by atoms with E-state index in [1.807, 2.05) is 12.1 Å². The monoisotopic (exact) mass is 615 g/mol. The largest absolute Gasteiger partial charge is 0.496 e. The van der Waals surface area contributed by atoms with Crippen LogP contribution in [-0.2, 0) is 16.4 Å². The van der Waals surface area contributed by atoms with Gasteiger partial charge in [0.15, 0.2) is 5.78 Å². The number of nitrogens with zero attached hydrogens (tertiary/aromatic N) is 4. The molecule has 230 valence electrons. The highest BCUT2D eigenvalue weighted by molar-refractivity contribution is 7.90. The number of Topliss-reactive ketones (excluding diaryl/α,β-unsaturated/α-hetero) is 1. The Balaban J connectivity index is 1.57. The van der Waals surface area contributed by atoms with Gasteiger partial charge in [-0.1, -0.05) is 0 Å². The molecule has 1 fully saturated rings.